The average molecular weight is 327 g/mol. The predicted octanol–water partition coefficient (Wildman–Crippen LogP) is -0.363. The number of carbonyl (C=O) groups is 2. The molecule has 1 saturated carbocycles. The Balaban J connectivity index is 2.24. The van der Waals surface area contributed by atoms with Crippen LogP contribution in [0.2, 0.25) is 0 Å². The summed E-state index contributed by atoms with van der Waals surface area (Å²) < 4.78 is 5.20. The van der Waals surface area contributed by atoms with E-state index in [1.165, 1.54) is 6.92 Å². The molecule has 4 N–H and O–H groups in total. The maximum absolute atomic E-state index is 12.3. The first-order chi connectivity index (χ1) is 10.9. The minimum absolute atomic E-state index is 0.202. The summed E-state index contributed by atoms with van der Waals surface area (Å²) in [7, 11) is 0. The summed E-state index contributed by atoms with van der Waals surface area (Å²) in [6, 6.07) is 0. The predicted molar refractivity (Wildman–Crippen MR) is 81.2 cm³/mol. The van der Waals surface area contributed by atoms with Gasteiger partial charge in [-0.3, -0.25) is 9.59 Å². The maximum atomic E-state index is 12.3. The van der Waals surface area contributed by atoms with E-state index in [9.17, 15) is 24.9 Å². The number of carbonyl (C=O) groups excluding carboxylic acids is 2. The van der Waals surface area contributed by atoms with Gasteiger partial charge in [-0.05, 0) is 19.3 Å². The Morgan fingerprint density at radius 3 is 2.70 bits per heavy atom. The van der Waals surface area contributed by atoms with Gasteiger partial charge in [0.2, 0.25) is 0 Å². The van der Waals surface area contributed by atoms with Gasteiger partial charge in [-0.25, -0.2) is 0 Å². The van der Waals surface area contributed by atoms with E-state index in [0.29, 0.717) is 6.42 Å². The van der Waals surface area contributed by atoms with Crippen LogP contribution >= 0.6 is 0 Å². The third-order valence-electron chi connectivity index (χ3n) is 4.73. The second-order valence-electron chi connectivity index (χ2n) is 6.35. The molecule has 1 unspecified atom stereocenters. The Labute approximate surface area is 135 Å². The Morgan fingerprint density at radius 2 is 1.96 bits per heavy atom. The number of amides is 1. The molecule has 1 fully saturated rings. The van der Waals surface area contributed by atoms with E-state index in [4.69, 9.17) is 4.74 Å². The highest BCUT2D eigenvalue weighted by Crippen LogP contribution is 2.36. The molecule has 7 nitrogen and oxygen atoms in total. The fourth-order valence-electron chi connectivity index (χ4n) is 3.09. The molecule has 2 bridgehead atoms. The smallest absolute Gasteiger partial charge is 0.306 e. The van der Waals surface area contributed by atoms with E-state index in [2.05, 4.69) is 5.32 Å². The molecule has 0 aromatic rings. The molecule has 2 aliphatic rings. The van der Waals surface area contributed by atoms with Crippen LogP contribution in [0.25, 0.3) is 0 Å². The summed E-state index contributed by atoms with van der Waals surface area (Å²) in [5, 5.41) is 33.6. The van der Waals surface area contributed by atoms with Gasteiger partial charge in [0.05, 0.1) is 6.10 Å². The van der Waals surface area contributed by atoms with Crippen LogP contribution < -0.4 is 5.32 Å². The summed E-state index contributed by atoms with van der Waals surface area (Å²) in [5.74, 6) is -2.03. The number of esters is 1. The monoisotopic (exact) mass is 327 g/mol. The van der Waals surface area contributed by atoms with Gasteiger partial charge in [0.1, 0.15) is 12.2 Å². The number of aliphatic hydroxyl groups excluding tert-OH is 2. The molecule has 5 atom stereocenters. The summed E-state index contributed by atoms with van der Waals surface area (Å²) in [5.41, 5.74) is -1.90. The normalized spacial score (nSPS) is 40.0. The highest BCUT2D eigenvalue weighted by atomic mass is 16.6. The van der Waals surface area contributed by atoms with E-state index in [-0.39, 0.29) is 19.4 Å². The van der Waals surface area contributed by atoms with Gasteiger partial charge in [0, 0.05) is 25.3 Å². The second kappa shape index (κ2) is 7.42. The number of allylic oxidation sites excluding steroid dienone is 1. The van der Waals surface area contributed by atoms with Gasteiger partial charge in [-0.15, -0.1) is 0 Å². The lowest BCUT2D eigenvalue weighted by Crippen LogP contribution is -2.64. The quantitative estimate of drug-likeness (QED) is 0.357. The van der Waals surface area contributed by atoms with Crippen LogP contribution in [-0.2, 0) is 14.3 Å². The molecule has 1 heterocycles. The molecule has 1 amide bonds. The molecular formula is C16H25NO6. The minimum Gasteiger partial charge on any atom is -0.459 e. The van der Waals surface area contributed by atoms with E-state index < -0.39 is 41.7 Å². The lowest BCUT2D eigenvalue weighted by molar-refractivity contribution is -0.206. The zero-order chi connectivity index (χ0) is 17.0. The maximum Gasteiger partial charge on any atom is 0.306 e. The van der Waals surface area contributed by atoms with Crippen LogP contribution in [0.4, 0.5) is 0 Å². The first-order valence-electron chi connectivity index (χ1n) is 8.07. The third-order valence-corrected chi connectivity index (χ3v) is 4.73. The molecule has 0 aromatic carbocycles. The molecular weight excluding hydrogens is 302 g/mol. The standard InChI is InChI=1S/C16H25NO6/c1-10-13(19)14(20)11-9-16(10,22)15(21)17-8-6-4-2-3-5-7-12(18)23-11/h4,6,10-11,13-14,19-20,22H,2-3,5,7-9H2,1H3,(H,17,21)/t10?,11-,13-,14+,16-/m1/s1. The largest absolute Gasteiger partial charge is 0.459 e. The van der Waals surface area contributed by atoms with E-state index in [1.807, 2.05) is 6.08 Å². The SMILES string of the molecule is CC1[C@@H](O)[C@@H](O)[C@H]2C[C@]1(O)C(=O)NCC=CCCCCC(=O)O2. The molecule has 0 aromatic heterocycles. The van der Waals surface area contributed by atoms with Gasteiger partial charge in [-0.2, -0.15) is 0 Å². The molecule has 0 radical (unpaired) electrons. The van der Waals surface area contributed by atoms with Gasteiger partial charge in [0.25, 0.3) is 5.91 Å². The fraction of sp³-hybridized carbons (Fsp3) is 0.750. The van der Waals surface area contributed by atoms with Gasteiger partial charge < -0.3 is 25.4 Å². The number of fused-ring (bicyclic) bond motifs is 2. The lowest BCUT2D eigenvalue weighted by atomic mass is 9.71. The Morgan fingerprint density at radius 1 is 1.22 bits per heavy atom. The van der Waals surface area contributed by atoms with Crippen molar-refractivity contribution in [3.63, 3.8) is 0 Å². The molecule has 1 aliphatic heterocycles. The Hall–Kier alpha value is -1.44. The molecule has 0 saturated heterocycles. The number of aliphatic hydroxyl groups is 3. The van der Waals surface area contributed by atoms with E-state index in [0.717, 1.165) is 12.8 Å². The Bertz CT molecular complexity index is 479. The summed E-state index contributed by atoms with van der Waals surface area (Å²) >= 11 is 0. The van der Waals surface area contributed by atoms with Crippen molar-refractivity contribution >= 4 is 11.9 Å². The average Bonchev–Trinajstić information content (AvgIpc) is 2.52. The van der Waals surface area contributed by atoms with Crippen LogP contribution in [-0.4, -0.2) is 57.7 Å². The van der Waals surface area contributed by atoms with E-state index in [1.54, 1.807) is 6.08 Å². The number of rotatable bonds is 0. The van der Waals surface area contributed by atoms with Crippen LogP contribution in [0.15, 0.2) is 12.2 Å². The molecule has 0 spiro atoms. The zero-order valence-corrected chi connectivity index (χ0v) is 13.3. The number of hydrogen-bond donors (Lipinski definition) is 4. The van der Waals surface area contributed by atoms with Gasteiger partial charge in [0.15, 0.2) is 5.60 Å². The third kappa shape index (κ3) is 3.91. The lowest BCUT2D eigenvalue weighted by Gasteiger charge is -2.45. The van der Waals surface area contributed by atoms with Crippen molar-refractivity contribution in [2.24, 2.45) is 5.92 Å². The molecule has 7 heteroatoms. The highest BCUT2D eigenvalue weighted by Gasteiger charge is 2.55. The molecule has 23 heavy (non-hydrogen) atoms. The van der Waals surface area contributed by atoms with Crippen molar-refractivity contribution in [3.05, 3.63) is 12.2 Å². The summed E-state index contributed by atoms with van der Waals surface area (Å²) in [6.07, 6.45) is 2.13. The van der Waals surface area contributed by atoms with Gasteiger partial charge >= 0.3 is 5.97 Å². The molecule has 2 rings (SSSR count). The molecule has 1 aliphatic carbocycles. The first-order valence-corrected chi connectivity index (χ1v) is 8.07. The fourth-order valence-corrected chi connectivity index (χ4v) is 3.09. The second-order valence-corrected chi connectivity index (χ2v) is 6.35. The van der Waals surface area contributed by atoms with Crippen LogP contribution in [0.5, 0.6) is 0 Å². The summed E-state index contributed by atoms with van der Waals surface area (Å²) in [4.78, 5) is 24.2. The Kier molecular flexibility index (Phi) is 5.78. The summed E-state index contributed by atoms with van der Waals surface area (Å²) in [6.45, 7) is 1.77. The number of ether oxygens (including phenoxy) is 1. The van der Waals surface area contributed by atoms with Crippen molar-refractivity contribution in [2.75, 3.05) is 6.54 Å². The number of nitrogens with one attached hydrogen (secondary N) is 1. The minimum atomic E-state index is -1.90. The van der Waals surface area contributed by atoms with Crippen LogP contribution in [0, 0.1) is 5.92 Å². The first kappa shape index (κ1) is 17.9. The van der Waals surface area contributed by atoms with E-state index >= 15 is 0 Å². The van der Waals surface area contributed by atoms with Crippen LogP contribution in [0.3, 0.4) is 0 Å². The molecule has 130 valence electrons. The highest BCUT2D eigenvalue weighted by molar-refractivity contribution is 5.85. The van der Waals surface area contributed by atoms with Crippen LogP contribution in [0.1, 0.15) is 39.0 Å². The van der Waals surface area contributed by atoms with Crippen molar-refractivity contribution in [1.82, 2.24) is 5.32 Å². The van der Waals surface area contributed by atoms with Crippen molar-refractivity contribution in [2.45, 2.75) is 62.9 Å². The number of hydrogen-bond acceptors (Lipinski definition) is 6. The van der Waals surface area contributed by atoms with Crippen molar-refractivity contribution in [3.8, 4) is 0 Å². The van der Waals surface area contributed by atoms with Crippen molar-refractivity contribution in [1.29, 1.82) is 0 Å². The topological polar surface area (TPSA) is 116 Å². The zero-order valence-electron chi connectivity index (χ0n) is 13.3. The van der Waals surface area contributed by atoms with Crippen molar-refractivity contribution < 1.29 is 29.6 Å². The van der Waals surface area contributed by atoms with Gasteiger partial charge in [-0.1, -0.05) is 19.1 Å².